The summed E-state index contributed by atoms with van der Waals surface area (Å²) in [5, 5.41) is 3.63. The van der Waals surface area contributed by atoms with E-state index in [0.29, 0.717) is 5.54 Å². The van der Waals surface area contributed by atoms with Gasteiger partial charge < -0.3 is 10.1 Å². The molecule has 3 heteroatoms. The second-order valence-corrected chi connectivity index (χ2v) is 6.59. The predicted molar refractivity (Wildman–Crippen MR) is 86.3 cm³/mol. The van der Waals surface area contributed by atoms with Gasteiger partial charge in [0, 0.05) is 38.8 Å². The van der Waals surface area contributed by atoms with Crippen LogP contribution >= 0.6 is 0 Å². The summed E-state index contributed by atoms with van der Waals surface area (Å²) < 4.78 is 5.36. The van der Waals surface area contributed by atoms with E-state index in [9.17, 15) is 0 Å². The van der Waals surface area contributed by atoms with Gasteiger partial charge in [-0.05, 0) is 24.0 Å². The first-order valence-corrected chi connectivity index (χ1v) is 8.36. The molecule has 1 aromatic carbocycles. The lowest BCUT2D eigenvalue weighted by molar-refractivity contribution is 0.0203. The Kier molecular flexibility index (Phi) is 4.94. The maximum absolute atomic E-state index is 5.36. The van der Waals surface area contributed by atoms with Gasteiger partial charge in [0.05, 0.1) is 6.61 Å². The molecule has 3 nitrogen and oxygen atoms in total. The van der Waals surface area contributed by atoms with Crippen molar-refractivity contribution in [1.29, 1.82) is 0 Å². The van der Waals surface area contributed by atoms with Gasteiger partial charge in [-0.2, -0.15) is 0 Å². The van der Waals surface area contributed by atoms with E-state index >= 15 is 0 Å². The molecule has 0 bridgehead atoms. The first-order valence-electron chi connectivity index (χ1n) is 8.36. The summed E-state index contributed by atoms with van der Waals surface area (Å²) in [6.07, 6.45) is 6.89. The molecule has 1 aromatic rings. The highest BCUT2D eigenvalue weighted by Crippen LogP contribution is 2.35. The molecule has 0 unspecified atom stereocenters. The molecule has 0 radical (unpaired) electrons. The van der Waals surface area contributed by atoms with Gasteiger partial charge in [0.1, 0.15) is 0 Å². The van der Waals surface area contributed by atoms with Crippen molar-refractivity contribution in [3.63, 3.8) is 0 Å². The molecule has 1 aliphatic carbocycles. The average molecular weight is 288 g/mol. The van der Waals surface area contributed by atoms with E-state index in [1.165, 1.54) is 56.3 Å². The van der Waals surface area contributed by atoms with Crippen LogP contribution in [0.3, 0.4) is 0 Å². The number of nitrogens with zero attached hydrogens (tertiary/aromatic N) is 1. The van der Waals surface area contributed by atoms with Gasteiger partial charge in [-0.3, -0.25) is 4.90 Å². The van der Waals surface area contributed by atoms with Crippen LogP contribution in [0.2, 0.25) is 0 Å². The third kappa shape index (κ3) is 3.31. The minimum absolute atomic E-state index is 0.399. The summed E-state index contributed by atoms with van der Waals surface area (Å²) in [6, 6.07) is 8.75. The molecule has 21 heavy (non-hydrogen) atoms. The predicted octanol–water partition coefficient (Wildman–Crippen LogP) is 2.94. The monoisotopic (exact) mass is 288 g/mol. The van der Waals surface area contributed by atoms with Crippen molar-refractivity contribution in [1.82, 2.24) is 10.2 Å². The van der Waals surface area contributed by atoms with E-state index in [0.717, 1.165) is 19.7 Å². The van der Waals surface area contributed by atoms with Gasteiger partial charge in [0.25, 0.3) is 0 Å². The molecule has 1 saturated heterocycles. The summed E-state index contributed by atoms with van der Waals surface area (Å²) in [5.41, 5.74) is 3.17. The summed E-state index contributed by atoms with van der Waals surface area (Å²) in [7, 11) is 1.78. The van der Waals surface area contributed by atoms with E-state index in [1.54, 1.807) is 7.11 Å². The summed E-state index contributed by atoms with van der Waals surface area (Å²) >= 11 is 0. The van der Waals surface area contributed by atoms with Crippen LogP contribution in [-0.4, -0.2) is 37.2 Å². The van der Waals surface area contributed by atoms with Crippen molar-refractivity contribution in [3.8, 4) is 0 Å². The van der Waals surface area contributed by atoms with Crippen LogP contribution in [0.4, 0.5) is 0 Å². The van der Waals surface area contributed by atoms with E-state index in [4.69, 9.17) is 4.74 Å². The summed E-state index contributed by atoms with van der Waals surface area (Å²) in [5.74, 6) is 0. The highest BCUT2D eigenvalue weighted by Gasteiger charge is 2.39. The largest absolute Gasteiger partial charge is 0.380 e. The molecule has 1 heterocycles. The Morgan fingerprint density at radius 2 is 1.90 bits per heavy atom. The Bertz CT molecular complexity index is 446. The fourth-order valence-corrected chi connectivity index (χ4v) is 4.05. The van der Waals surface area contributed by atoms with Gasteiger partial charge in [0.15, 0.2) is 0 Å². The van der Waals surface area contributed by atoms with Crippen molar-refractivity contribution >= 4 is 0 Å². The number of benzene rings is 1. The normalized spacial score (nSPS) is 22.5. The second-order valence-electron chi connectivity index (χ2n) is 6.59. The third-order valence-electron chi connectivity index (χ3n) is 5.25. The smallest absolute Gasteiger partial charge is 0.0716 e. The Labute approximate surface area is 128 Å². The molecule has 1 spiro atoms. The number of ether oxygens (including phenoxy) is 1. The van der Waals surface area contributed by atoms with E-state index in [2.05, 4.69) is 34.5 Å². The molecule has 2 aliphatic rings. The van der Waals surface area contributed by atoms with Crippen LogP contribution < -0.4 is 5.32 Å². The second kappa shape index (κ2) is 6.91. The van der Waals surface area contributed by atoms with Gasteiger partial charge in [-0.1, -0.05) is 43.5 Å². The van der Waals surface area contributed by atoms with Crippen LogP contribution in [0.5, 0.6) is 0 Å². The van der Waals surface area contributed by atoms with Crippen LogP contribution in [0.25, 0.3) is 0 Å². The molecule has 1 aliphatic heterocycles. The van der Waals surface area contributed by atoms with Crippen molar-refractivity contribution in [2.45, 2.75) is 50.8 Å². The molecule has 1 saturated carbocycles. The van der Waals surface area contributed by atoms with E-state index < -0.39 is 0 Å². The van der Waals surface area contributed by atoms with Gasteiger partial charge in [-0.15, -0.1) is 0 Å². The maximum atomic E-state index is 5.36. The van der Waals surface area contributed by atoms with Crippen LogP contribution in [0, 0.1) is 0 Å². The van der Waals surface area contributed by atoms with Crippen molar-refractivity contribution in [2.24, 2.45) is 0 Å². The van der Waals surface area contributed by atoms with E-state index in [1.807, 2.05) is 0 Å². The Hall–Kier alpha value is -0.900. The topological polar surface area (TPSA) is 24.5 Å². The lowest BCUT2D eigenvalue weighted by Crippen LogP contribution is -2.61. The zero-order valence-corrected chi connectivity index (χ0v) is 13.2. The molecular weight excluding hydrogens is 260 g/mol. The van der Waals surface area contributed by atoms with Crippen LogP contribution in [0.15, 0.2) is 24.3 Å². The maximum Gasteiger partial charge on any atom is 0.0716 e. The summed E-state index contributed by atoms with van der Waals surface area (Å²) in [6.45, 7) is 5.24. The molecule has 3 rings (SSSR count). The first-order chi connectivity index (χ1) is 10.3. The number of piperazine rings is 1. The fraction of sp³-hybridized carbons (Fsp3) is 0.667. The quantitative estimate of drug-likeness (QED) is 0.922. The van der Waals surface area contributed by atoms with Gasteiger partial charge in [-0.25, -0.2) is 0 Å². The molecule has 2 fully saturated rings. The number of rotatable bonds is 4. The van der Waals surface area contributed by atoms with E-state index in [-0.39, 0.29) is 0 Å². The van der Waals surface area contributed by atoms with Crippen molar-refractivity contribution in [3.05, 3.63) is 35.4 Å². The number of nitrogens with one attached hydrogen (secondary N) is 1. The Balaban J connectivity index is 1.78. The fourth-order valence-electron chi connectivity index (χ4n) is 4.05. The standard InChI is InChI=1S/C18H28N2O/c1-21-14-17-8-4-3-7-16(17)13-20-12-11-19-15-18(20)9-5-2-6-10-18/h3-4,7-8,19H,2,5-6,9-15H2,1H3. The lowest BCUT2D eigenvalue weighted by Gasteiger charge is -2.50. The SMILES string of the molecule is COCc1ccccc1CN1CCNCC12CCCCC2. The zero-order chi connectivity index (χ0) is 14.5. The molecule has 0 aromatic heterocycles. The van der Waals surface area contributed by atoms with Crippen LogP contribution in [-0.2, 0) is 17.9 Å². The number of hydrogen-bond donors (Lipinski definition) is 1. The van der Waals surface area contributed by atoms with Gasteiger partial charge >= 0.3 is 0 Å². The molecule has 116 valence electrons. The van der Waals surface area contributed by atoms with Gasteiger partial charge in [0.2, 0.25) is 0 Å². The average Bonchev–Trinajstić information content (AvgIpc) is 2.53. The summed E-state index contributed by atoms with van der Waals surface area (Å²) in [4.78, 5) is 2.75. The third-order valence-corrected chi connectivity index (χ3v) is 5.25. The van der Waals surface area contributed by atoms with Crippen molar-refractivity contribution in [2.75, 3.05) is 26.7 Å². The van der Waals surface area contributed by atoms with Crippen molar-refractivity contribution < 1.29 is 4.74 Å². The first kappa shape index (κ1) is 15.0. The minimum Gasteiger partial charge on any atom is -0.380 e. The number of hydrogen-bond acceptors (Lipinski definition) is 3. The molecule has 0 amide bonds. The highest BCUT2D eigenvalue weighted by molar-refractivity contribution is 5.27. The number of methoxy groups -OCH3 is 1. The molecule has 0 atom stereocenters. The Morgan fingerprint density at radius 1 is 1.14 bits per heavy atom. The minimum atomic E-state index is 0.399. The lowest BCUT2D eigenvalue weighted by atomic mass is 9.78. The zero-order valence-electron chi connectivity index (χ0n) is 13.2. The Morgan fingerprint density at radius 3 is 2.67 bits per heavy atom. The molecular formula is C18H28N2O. The molecule has 1 N–H and O–H groups in total. The highest BCUT2D eigenvalue weighted by atomic mass is 16.5. The van der Waals surface area contributed by atoms with Crippen LogP contribution in [0.1, 0.15) is 43.2 Å².